The molecule has 0 spiro atoms. The third-order valence-electron chi connectivity index (χ3n) is 0.553. The second-order valence-corrected chi connectivity index (χ2v) is 1.06. The van der Waals surface area contributed by atoms with E-state index >= 15 is 0 Å². The average Bonchev–Trinajstić information content (AvgIpc) is 1.68. The Bertz CT molecular complexity index is 78.1. The molecule has 0 rings (SSSR count). The van der Waals surface area contributed by atoms with Crippen LogP contribution >= 0.6 is 0 Å². The molecule has 0 amide bonds. The van der Waals surface area contributed by atoms with Crippen LogP contribution < -0.4 is 5.32 Å². The highest BCUT2D eigenvalue weighted by atomic mass is 16.3. The fraction of sp³-hybridized carbons (Fsp3) is 0.200. The minimum absolute atomic E-state index is 0.0785. The predicted octanol–water partition coefficient (Wildman–Crippen LogP) is 0.225. The van der Waals surface area contributed by atoms with Gasteiger partial charge in [0.2, 0.25) is 0 Å². The van der Waals surface area contributed by atoms with Crippen molar-refractivity contribution < 1.29 is 5.11 Å². The molecule has 0 aliphatic carbocycles. The van der Waals surface area contributed by atoms with Crippen LogP contribution in [0.4, 0.5) is 0 Å². The molecule has 0 aliphatic heterocycles. The highest BCUT2D eigenvalue weighted by Crippen LogP contribution is 1.78. The van der Waals surface area contributed by atoms with E-state index in [1.807, 2.05) is 0 Å². The number of hydrogen-bond acceptors (Lipinski definition) is 2. The summed E-state index contributed by atoms with van der Waals surface area (Å²) in [6, 6.07) is 0. The molecule has 0 saturated carbocycles. The molecular weight excluding hydrogens is 90.1 g/mol. The standard InChI is InChI=1S/C5H9NO/c1-3-5(2)6-4-7/h3,6-7H,1-2,4H2. The molecule has 0 saturated heterocycles. The Morgan fingerprint density at radius 1 is 1.86 bits per heavy atom. The molecule has 0 bridgehead atoms. The van der Waals surface area contributed by atoms with Crippen LogP contribution in [0.1, 0.15) is 0 Å². The average molecular weight is 99.1 g/mol. The number of nitrogens with one attached hydrogen (secondary N) is 1. The molecule has 0 atom stereocenters. The van der Waals surface area contributed by atoms with E-state index in [1.54, 1.807) is 0 Å². The maximum Gasteiger partial charge on any atom is 0.113 e. The summed E-state index contributed by atoms with van der Waals surface area (Å²) in [5, 5.41) is 10.7. The topological polar surface area (TPSA) is 32.3 Å². The van der Waals surface area contributed by atoms with E-state index in [-0.39, 0.29) is 6.73 Å². The van der Waals surface area contributed by atoms with E-state index in [9.17, 15) is 0 Å². The maximum absolute atomic E-state index is 8.15. The summed E-state index contributed by atoms with van der Waals surface area (Å²) >= 11 is 0. The van der Waals surface area contributed by atoms with Crippen LogP contribution in [0, 0.1) is 0 Å². The molecule has 0 heterocycles. The van der Waals surface area contributed by atoms with Crippen LogP contribution in [-0.4, -0.2) is 11.8 Å². The third-order valence-corrected chi connectivity index (χ3v) is 0.553. The van der Waals surface area contributed by atoms with Gasteiger partial charge in [0, 0.05) is 5.70 Å². The second-order valence-electron chi connectivity index (χ2n) is 1.06. The van der Waals surface area contributed by atoms with E-state index in [0.717, 1.165) is 0 Å². The van der Waals surface area contributed by atoms with E-state index < -0.39 is 0 Å². The van der Waals surface area contributed by atoms with Crippen molar-refractivity contribution >= 4 is 0 Å². The molecule has 2 N–H and O–H groups in total. The number of allylic oxidation sites excluding steroid dienone is 1. The van der Waals surface area contributed by atoms with Crippen LogP contribution in [0.5, 0.6) is 0 Å². The SMILES string of the molecule is C=CC(=C)NCO. The van der Waals surface area contributed by atoms with Crippen molar-refractivity contribution in [2.45, 2.75) is 0 Å². The van der Waals surface area contributed by atoms with Gasteiger partial charge in [-0.2, -0.15) is 0 Å². The van der Waals surface area contributed by atoms with Gasteiger partial charge in [-0.25, -0.2) is 0 Å². The predicted molar refractivity (Wildman–Crippen MR) is 29.6 cm³/mol. The van der Waals surface area contributed by atoms with Gasteiger partial charge in [0.25, 0.3) is 0 Å². The second kappa shape index (κ2) is 3.43. The van der Waals surface area contributed by atoms with Crippen LogP contribution in [0.3, 0.4) is 0 Å². The molecule has 0 radical (unpaired) electrons. The van der Waals surface area contributed by atoms with Crippen molar-refractivity contribution in [3.63, 3.8) is 0 Å². The van der Waals surface area contributed by atoms with Crippen LogP contribution in [0.25, 0.3) is 0 Å². The molecule has 0 aromatic heterocycles. The first-order valence-electron chi connectivity index (χ1n) is 1.97. The Hall–Kier alpha value is -0.760. The molecule has 0 aliphatic rings. The minimum atomic E-state index is -0.0785. The molecule has 0 aromatic rings. The van der Waals surface area contributed by atoms with Crippen LogP contribution in [-0.2, 0) is 0 Å². The third kappa shape index (κ3) is 3.06. The van der Waals surface area contributed by atoms with Crippen molar-refractivity contribution in [2.75, 3.05) is 6.73 Å². The van der Waals surface area contributed by atoms with Crippen LogP contribution in [0.2, 0.25) is 0 Å². The zero-order chi connectivity index (χ0) is 5.70. The minimum Gasteiger partial charge on any atom is -0.377 e. The van der Waals surface area contributed by atoms with E-state index in [1.165, 1.54) is 6.08 Å². The highest BCUT2D eigenvalue weighted by Gasteiger charge is 1.75. The Morgan fingerprint density at radius 2 is 2.43 bits per heavy atom. The maximum atomic E-state index is 8.15. The molecule has 0 unspecified atom stereocenters. The van der Waals surface area contributed by atoms with Gasteiger partial charge in [0.15, 0.2) is 0 Å². The van der Waals surface area contributed by atoms with Gasteiger partial charge in [0.1, 0.15) is 6.73 Å². The summed E-state index contributed by atoms with van der Waals surface area (Å²) in [6.07, 6.45) is 1.54. The number of hydrogen-bond donors (Lipinski definition) is 2. The van der Waals surface area contributed by atoms with Gasteiger partial charge in [-0.3, -0.25) is 0 Å². The van der Waals surface area contributed by atoms with Crippen molar-refractivity contribution in [3.8, 4) is 0 Å². The lowest BCUT2D eigenvalue weighted by Gasteiger charge is -1.96. The van der Waals surface area contributed by atoms with E-state index in [2.05, 4.69) is 18.5 Å². The summed E-state index contributed by atoms with van der Waals surface area (Å²) in [5.74, 6) is 0. The van der Waals surface area contributed by atoms with Gasteiger partial charge in [-0.15, -0.1) is 0 Å². The fourth-order valence-corrected chi connectivity index (χ4v) is 0.174. The Balaban J connectivity index is 3.17. The van der Waals surface area contributed by atoms with Crippen molar-refractivity contribution in [1.29, 1.82) is 0 Å². The number of aliphatic hydroxyl groups excluding tert-OH is 1. The Labute approximate surface area is 43.2 Å². The normalized spacial score (nSPS) is 7.57. The summed E-state index contributed by atoms with van der Waals surface area (Å²) in [5.41, 5.74) is 0.641. The molecule has 2 heteroatoms. The zero-order valence-electron chi connectivity index (χ0n) is 4.15. The quantitative estimate of drug-likeness (QED) is 0.392. The Kier molecular flexibility index (Phi) is 3.06. The number of aliphatic hydroxyl groups is 1. The molecule has 2 nitrogen and oxygen atoms in total. The van der Waals surface area contributed by atoms with Gasteiger partial charge in [-0.1, -0.05) is 13.2 Å². The van der Waals surface area contributed by atoms with Crippen molar-refractivity contribution in [2.24, 2.45) is 0 Å². The molecule has 40 valence electrons. The van der Waals surface area contributed by atoms with E-state index in [0.29, 0.717) is 5.70 Å². The molecule has 7 heavy (non-hydrogen) atoms. The summed E-state index contributed by atoms with van der Waals surface area (Å²) in [4.78, 5) is 0. The van der Waals surface area contributed by atoms with E-state index in [4.69, 9.17) is 5.11 Å². The molecular formula is C5H9NO. The molecule has 0 aromatic carbocycles. The van der Waals surface area contributed by atoms with Crippen molar-refractivity contribution in [3.05, 3.63) is 24.9 Å². The lowest BCUT2D eigenvalue weighted by atomic mass is 10.5. The first-order valence-corrected chi connectivity index (χ1v) is 1.97. The Morgan fingerprint density at radius 3 is 2.57 bits per heavy atom. The van der Waals surface area contributed by atoms with Crippen LogP contribution in [0.15, 0.2) is 24.9 Å². The smallest absolute Gasteiger partial charge is 0.113 e. The first-order chi connectivity index (χ1) is 3.31. The largest absolute Gasteiger partial charge is 0.377 e. The van der Waals surface area contributed by atoms with Gasteiger partial charge in [0.05, 0.1) is 0 Å². The number of rotatable bonds is 3. The first kappa shape index (κ1) is 6.24. The zero-order valence-corrected chi connectivity index (χ0v) is 4.15. The monoisotopic (exact) mass is 99.1 g/mol. The lowest BCUT2D eigenvalue weighted by Crippen LogP contribution is -2.10. The van der Waals surface area contributed by atoms with Crippen molar-refractivity contribution in [1.82, 2.24) is 5.32 Å². The van der Waals surface area contributed by atoms with Gasteiger partial charge in [-0.05, 0) is 6.08 Å². The summed E-state index contributed by atoms with van der Waals surface area (Å²) in [6.45, 7) is 6.80. The fourth-order valence-electron chi connectivity index (χ4n) is 0.174. The van der Waals surface area contributed by atoms with Gasteiger partial charge >= 0.3 is 0 Å². The summed E-state index contributed by atoms with van der Waals surface area (Å²) in [7, 11) is 0. The molecule has 0 fully saturated rings. The highest BCUT2D eigenvalue weighted by molar-refractivity contribution is 5.07. The lowest BCUT2D eigenvalue weighted by molar-refractivity contribution is 0.276. The van der Waals surface area contributed by atoms with Gasteiger partial charge < -0.3 is 10.4 Å². The summed E-state index contributed by atoms with van der Waals surface area (Å²) < 4.78 is 0.